The molecule has 1 aromatic carbocycles. The fourth-order valence-corrected chi connectivity index (χ4v) is 7.60. The van der Waals surface area contributed by atoms with E-state index >= 15 is 0 Å². The zero-order valence-corrected chi connectivity index (χ0v) is 34.4. The van der Waals surface area contributed by atoms with Crippen LogP contribution >= 0.6 is 11.3 Å². The molecule has 3 aromatic rings. The molecule has 1 saturated heterocycles. The minimum atomic E-state index is -1.18. The molecule has 0 bridgehead atoms. The van der Waals surface area contributed by atoms with Gasteiger partial charge in [-0.05, 0) is 60.9 Å². The van der Waals surface area contributed by atoms with Gasteiger partial charge in [0.05, 0.1) is 38.0 Å². The Balaban J connectivity index is 1.60. The first-order chi connectivity index (χ1) is 26.1. The van der Waals surface area contributed by atoms with Gasteiger partial charge in [0.15, 0.2) is 0 Å². The number of carbonyl (C=O) groups is 4. The number of carbonyl (C=O) groups excluding carboxylic acids is 4. The fourth-order valence-electron chi connectivity index (χ4n) is 6.63. The molecular weight excluding hydrogens is 719 g/mol. The Morgan fingerprint density at radius 2 is 1.73 bits per heavy atom. The lowest BCUT2D eigenvalue weighted by Gasteiger charge is -2.35. The minimum Gasteiger partial charge on any atom is -0.452 e. The molecule has 1 aliphatic heterocycles. The average Bonchev–Trinajstić information content (AvgIpc) is 3.75. The topological polar surface area (TPSA) is 148 Å². The van der Waals surface area contributed by atoms with E-state index in [4.69, 9.17) is 4.74 Å². The molecule has 1 aliphatic rings. The minimum absolute atomic E-state index is 0.0820. The van der Waals surface area contributed by atoms with Crippen molar-refractivity contribution in [2.75, 3.05) is 33.3 Å². The van der Waals surface area contributed by atoms with E-state index in [1.165, 1.54) is 12.0 Å². The zero-order valence-electron chi connectivity index (χ0n) is 33.6. The van der Waals surface area contributed by atoms with Crippen LogP contribution in [0.15, 0.2) is 60.7 Å². The number of aliphatic hydroxyl groups excluding tert-OH is 1. The van der Waals surface area contributed by atoms with Gasteiger partial charge in [-0.2, -0.15) is 0 Å². The van der Waals surface area contributed by atoms with Crippen LogP contribution in [0.1, 0.15) is 74.7 Å². The Hall–Kier alpha value is -4.53. The number of hydrogen-bond donors (Lipinski definition) is 3. The number of hydrogen-bond acceptors (Lipinski definition) is 9. The van der Waals surface area contributed by atoms with Gasteiger partial charge in [-0.15, -0.1) is 11.3 Å². The number of methoxy groups -OCH3 is 1. The fraction of sp³-hybridized carbons (Fsp3) is 0.537. The largest absolute Gasteiger partial charge is 0.452 e. The quantitative estimate of drug-likeness (QED) is 0.142. The smallest absolute Gasteiger partial charge is 0.417 e. The van der Waals surface area contributed by atoms with Crippen molar-refractivity contribution in [3.63, 3.8) is 0 Å². The van der Waals surface area contributed by atoms with Crippen LogP contribution in [0.3, 0.4) is 0 Å². The standard InChI is InChI=1S/C41H59N7O6S/c1-9-28(3)36(47-22-21-45(39(47)52)24-31-18-14-15-29(4)42-31)37(50)43-34(23-30-16-12-11-13-17-30)35(49)26-46(25-33-20-19-32(10-2)55-33)44-38(51)48(40(53)54-8)27-41(5,6)7/h11-20,28,34-36,49H,9-10,21-27H2,1-8H3,(H,43,50)(H,44,51). The second kappa shape index (κ2) is 19.9. The Bertz CT molecular complexity index is 1730. The highest BCUT2D eigenvalue weighted by Crippen LogP contribution is 2.24. The molecule has 14 heteroatoms. The average molecular weight is 778 g/mol. The van der Waals surface area contributed by atoms with E-state index in [2.05, 4.69) is 22.7 Å². The van der Waals surface area contributed by atoms with Gasteiger partial charge >= 0.3 is 18.2 Å². The molecular formula is C41H59N7O6S. The number of aryl methyl sites for hydroxylation is 2. The highest BCUT2D eigenvalue weighted by molar-refractivity contribution is 7.11. The summed E-state index contributed by atoms with van der Waals surface area (Å²) in [4.78, 5) is 65.8. The summed E-state index contributed by atoms with van der Waals surface area (Å²) in [5, 5.41) is 16.7. The van der Waals surface area contributed by atoms with Crippen LogP contribution in [0.5, 0.6) is 0 Å². The Morgan fingerprint density at radius 3 is 2.35 bits per heavy atom. The highest BCUT2D eigenvalue weighted by atomic mass is 32.1. The van der Waals surface area contributed by atoms with Gasteiger partial charge < -0.3 is 25.0 Å². The van der Waals surface area contributed by atoms with E-state index < -0.39 is 35.7 Å². The molecule has 3 N–H and O–H groups in total. The van der Waals surface area contributed by atoms with Crippen molar-refractivity contribution < 1.29 is 29.0 Å². The van der Waals surface area contributed by atoms with Gasteiger partial charge in [-0.25, -0.2) is 24.3 Å². The van der Waals surface area contributed by atoms with E-state index in [9.17, 15) is 24.3 Å². The maximum atomic E-state index is 14.4. The van der Waals surface area contributed by atoms with Gasteiger partial charge in [-0.1, -0.05) is 84.4 Å². The van der Waals surface area contributed by atoms with E-state index in [0.29, 0.717) is 32.5 Å². The van der Waals surface area contributed by atoms with Gasteiger partial charge in [0.1, 0.15) is 6.04 Å². The van der Waals surface area contributed by atoms with E-state index in [1.54, 1.807) is 26.1 Å². The summed E-state index contributed by atoms with van der Waals surface area (Å²) >= 11 is 1.60. The molecule has 3 heterocycles. The number of aliphatic hydroxyl groups is 1. The normalized spacial score (nSPS) is 15.4. The maximum Gasteiger partial charge on any atom is 0.417 e. The van der Waals surface area contributed by atoms with Crippen molar-refractivity contribution in [1.82, 2.24) is 35.4 Å². The summed E-state index contributed by atoms with van der Waals surface area (Å²) in [7, 11) is 1.23. The molecule has 4 atom stereocenters. The van der Waals surface area contributed by atoms with Crippen LogP contribution in [-0.2, 0) is 35.5 Å². The van der Waals surface area contributed by atoms with Gasteiger partial charge in [0.25, 0.3) is 0 Å². The van der Waals surface area contributed by atoms with Crippen LogP contribution in [0.25, 0.3) is 0 Å². The predicted molar refractivity (Wildman–Crippen MR) is 214 cm³/mol. The Labute approximate surface area is 330 Å². The van der Waals surface area contributed by atoms with Crippen LogP contribution in [-0.4, -0.2) is 105 Å². The molecule has 4 unspecified atom stereocenters. The number of amides is 6. The third kappa shape index (κ3) is 12.5. The number of urea groups is 2. The lowest BCUT2D eigenvalue weighted by molar-refractivity contribution is -0.128. The number of aromatic nitrogens is 1. The molecule has 55 heavy (non-hydrogen) atoms. The summed E-state index contributed by atoms with van der Waals surface area (Å²) in [6.45, 7) is 15.1. The summed E-state index contributed by atoms with van der Waals surface area (Å²) in [6, 6.07) is 16.8. The molecule has 0 spiro atoms. The van der Waals surface area contributed by atoms with Crippen LogP contribution in [0.4, 0.5) is 14.4 Å². The SMILES string of the molecule is CCc1ccc(CN(CC(O)C(Cc2ccccc2)NC(=O)C(C(C)CC)N2CCN(Cc3cccc(C)n3)C2=O)NC(=O)N(CC(C)(C)C)C(=O)OC)s1. The molecule has 0 aliphatic carbocycles. The second-order valence-electron chi connectivity index (χ2n) is 15.5. The first-order valence-corrected chi connectivity index (χ1v) is 19.9. The summed E-state index contributed by atoms with van der Waals surface area (Å²) in [5.74, 6) is -0.535. The van der Waals surface area contributed by atoms with Crippen LogP contribution < -0.4 is 10.7 Å². The van der Waals surface area contributed by atoms with Crippen LogP contribution in [0.2, 0.25) is 0 Å². The molecule has 6 amide bonds. The number of rotatable bonds is 17. The van der Waals surface area contributed by atoms with Crippen molar-refractivity contribution in [2.24, 2.45) is 11.3 Å². The van der Waals surface area contributed by atoms with E-state index in [1.807, 2.05) is 102 Å². The Kier molecular flexibility index (Phi) is 15.6. The van der Waals surface area contributed by atoms with Crippen molar-refractivity contribution in [2.45, 2.75) is 99.0 Å². The van der Waals surface area contributed by atoms with Crippen molar-refractivity contribution in [3.8, 4) is 0 Å². The monoisotopic (exact) mass is 777 g/mol. The van der Waals surface area contributed by atoms with E-state index in [-0.39, 0.29) is 37.5 Å². The predicted octanol–water partition coefficient (Wildman–Crippen LogP) is 6.00. The van der Waals surface area contributed by atoms with Crippen molar-refractivity contribution >= 4 is 35.4 Å². The molecule has 4 rings (SSSR count). The maximum absolute atomic E-state index is 14.4. The first-order valence-electron chi connectivity index (χ1n) is 19.1. The van der Waals surface area contributed by atoms with Crippen molar-refractivity contribution in [3.05, 3.63) is 87.4 Å². The molecule has 0 saturated carbocycles. The van der Waals surface area contributed by atoms with Gasteiger partial charge in [0, 0.05) is 41.6 Å². The van der Waals surface area contributed by atoms with Gasteiger partial charge in [-0.3, -0.25) is 15.2 Å². The number of hydrazine groups is 1. The summed E-state index contributed by atoms with van der Waals surface area (Å²) < 4.78 is 4.95. The summed E-state index contributed by atoms with van der Waals surface area (Å²) in [6.07, 6.45) is -0.185. The zero-order chi connectivity index (χ0) is 40.3. The molecule has 300 valence electrons. The third-order valence-electron chi connectivity index (χ3n) is 9.65. The van der Waals surface area contributed by atoms with E-state index in [0.717, 1.165) is 33.1 Å². The number of nitrogens with one attached hydrogen (secondary N) is 2. The Morgan fingerprint density at radius 1 is 1.02 bits per heavy atom. The molecule has 1 fully saturated rings. The van der Waals surface area contributed by atoms with Crippen molar-refractivity contribution in [1.29, 1.82) is 0 Å². The number of ether oxygens (including phenoxy) is 1. The van der Waals surface area contributed by atoms with Gasteiger partial charge in [0.2, 0.25) is 5.91 Å². The number of pyridine rings is 1. The number of thiophene rings is 1. The molecule has 2 aromatic heterocycles. The highest BCUT2D eigenvalue weighted by Gasteiger charge is 2.41. The first kappa shape index (κ1) is 43.2. The molecule has 13 nitrogen and oxygen atoms in total. The summed E-state index contributed by atoms with van der Waals surface area (Å²) in [5.41, 5.74) is 4.98. The second-order valence-corrected chi connectivity index (χ2v) is 16.8. The number of nitrogens with zero attached hydrogens (tertiary/aromatic N) is 5. The lowest BCUT2D eigenvalue weighted by Crippen LogP contribution is -2.59. The molecule has 0 radical (unpaired) electrons. The lowest BCUT2D eigenvalue weighted by atomic mass is 9.95. The number of benzene rings is 1. The number of imide groups is 1. The van der Waals surface area contributed by atoms with Crippen LogP contribution in [0, 0.1) is 18.3 Å². The third-order valence-corrected chi connectivity index (χ3v) is 10.9.